The zero-order valence-electron chi connectivity index (χ0n) is 9.81. The van der Waals surface area contributed by atoms with Crippen LogP contribution in [-0.4, -0.2) is 30.7 Å². The second-order valence-corrected chi connectivity index (χ2v) is 4.29. The van der Waals surface area contributed by atoms with Crippen molar-refractivity contribution in [3.05, 3.63) is 0 Å². The molecule has 1 unspecified atom stereocenters. The number of rotatable bonds is 5. The van der Waals surface area contributed by atoms with Gasteiger partial charge in [0.1, 0.15) is 5.60 Å². The Morgan fingerprint density at radius 1 is 1.43 bits per heavy atom. The average Bonchev–Trinajstić information content (AvgIpc) is 2.17. The molecule has 0 bridgehead atoms. The smallest absolute Gasteiger partial charge is 0.252 e. The van der Waals surface area contributed by atoms with E-state index in [1.54, 1.807) is 13.8 Å². The highest BCUT2D eigenvalue weighted by molar-refractivity contribution is 5.84. The van der Waals surface area contributed by atoms with Gasteiger partial charge < -0.3 is 15.8 Å². The van der Waals surface area contributed by atoms with Crippen LogP contribution in [0.4, 0.5) is 0 Å². The Morgan fingerprint density at radius 2 is 1.93 bits per heavy atom. The lowest BCUT2D eigenvalue weighted by atomic mass is 9.97. The number of methoxy groups -OCH3 is 1. The van der Waals surface area contributed by atoms with E-state index in [1.807, 2.05) is 13.8 Å². The molecule has 1 amide bonds. The van der Waals surface area contributed by atoms with Crippen molar-refractivity contribution in [2.24, 2.45) is 5.73 Å². The molecule has 14 heavy (non-hydrogen) atoms. The summed E-state index contributed by atoms with van der Waals surface area (Å²) in [5, 5.41) is 2.90. The fourth-order valence-corrected chi connectivity index (χ4v) is 0.801. The zero-order valence-corrected chi connectivity index (χ0v) is 9.81. The van der Waals surface area contributed by atoms with Crippen molar-refractivity contribution in [2.45, 2.75) is 45.3 Å². The number of hydrogen-bond acceptors (Lipinski definition) is 3. The van der Waals surface area contributed by atoms with Gasteiger partial charge in [-0.05, 0) is 27.2 Å². The first-order chi connectivity index (χ1) is 6.31. The SMILES string of the molecule is CCC(C)(CN)NC(=O)C(C)(C)OC. The molecule has 0 aliphatic carbocycles. The number of hydrogen-bond donors (Lipinski definition) is 2. The van der Waals surface area contributed by atoms with Crippen molar-refractivity contribution in [2.75, 3.05) is 13.7 Å². The van der Waals surface area contributed by atoms with Gasteiger partial charge in [-0.2, -0.15) is 0 Å². The van der Waals surface area contributed by atoms with Gasteiger partial charge in [0.2, 0.25) is 0 Å². The van der Waals surface area contributed by atoms with Gasteiger partial charge in [-0.1, -0.05) is 6.92 Å². The number of carbonyl (C=O) groups excluding carboxylic acids is 1. The van der Waals surface area contributed by atoms with Crippen LogP contribution in [-0.2, 0) is 9.53 Å². The Balaban J connectivity index is 4.45. The monoisotopic (exact) mass is 202 g/mol. The molecule has 4 nitrogen and oxygen atoms in total. The maximum Gasteiger partial charge on any atom is 0.252 e. The molecule has 0 aromatic carbocycles. The molecule has 0 rings (SSSR count). The largest absolute Gasteiger partial charge is 0.369 e. The molecule has 0 saturated heterocycles. The average molecular weight is 202 g/mol. The molecule has 0 saturated carbocycles. The van der Waals surface area contributed by atoms with Crippen molar-refractivity contribution in [1.29, 1.82) is 0 Å². The first-order valence-electron chi connectivity index (χ1n) is 4.89. The van der Waals surface area contributed by atoms with Crippen molar-refractivity contribution in [3.63, 3.8) is 0 Å². The van der Waals surface area contributed by atoms with Crippen LogP contribution in [0.5, 0.6) is 0 Å². The minimum Gasteiger partial charge on any atom is -0.369 e. The second kappa shape index (κ2) is 4.75. The van der Waals surface area contributed by atoms with E-state index in [-0.39, 0.29) is 11.4 Å². The van der Waals surface area contributed by atoms with Crippen molar-refractivity contribution in [1.82, 2.24) is 5.32 Å². The summed E-state index contributed by atoms with van der Waals surface area (Å²) < 4.78 is 5.08. The van der Waals surface area contributed by atoms with Crippen molar-refractivity contribution < 1.29 is 9.53 Å². The van der Waals surface area contributed by atoms with Gasteiger partial charge in [0.15, 0.2) is 0 Å². The number of ether oxygens (including phenoxy) is 1. The number of nitrogens with one attached hydrogen (secondary N) is 1. The Morgan fingerprint density at radius 3 is 2.21 bits per heavy atom. The maximum atomic E-state index is 11.7. The molecule has 4 heteroatoms. The summed E-state index contributed by atoms with van der Waals surface area (Å²) in [5.74, 6) is -0.130. The Hall–Kier alpha value is -0.610. The van der Waals surface area contributed by atoms with Crippen LogP contribution in [0.1, 0.15) is 34.1 Å². The van der Waals surface area contributed by atoms with Crippen LogP contribution in [0.3, 0.4) is 0 Å². The fourth-order valence-electron chi connectivity index (χ4n) is 0.801. The van der Waals surface area contributed by atoms with Crippen LogP contribution in [0, 0.1) is 0 Å². The highest BCUT2D eigenvalue weighted by atomic mass is 16.5. The quantitative estimate of drug-likeness (QED) is 0.688. The molecule has 0 aromatic rings. The van der Waals surface area contributed by atoms with Crippen LogP contribution in [0.2, 0.25) is 0 Å². The molecule has 0 radical (unpaired) electrons. The number of carbonyl (C=O) groups is 1. The minimum absolute atomic E-state index is 0.130. The molecular weight excluding hydrogens is 180 g/mol. The van der Waals surface area contributed by atoms with Crippen LogP contribution in [0.25, 0.3) is 0 Å². The highest BCUT2D eigenvalue weighted by Crippen LogP contribution is 2.12. The second-order valence-electron chi connectivity index (χ2n) is 4.29. The summed E-state index contributed by atoms with van der Waals surface area (Å²) in [6.07, 6.45) is 0.801. The topological polar surface area (TPSA) is 64.3 Å². The third-order valence-corrected chi connectivity index (χ3v) is 2.70. The molecule has 0 heterocycles. The number of nitrogens with two attached hydrogens (primary N) is 1. The summed E-state index contributed by atoms with van der Waals surface area (Å²) in [6, 6.07) is 0. The van der Waals surface area contributed by atoms with Gasteiger partial charge in [-0.3, -0.25) is 4.79 Å². The van der Waals surface area contributed by atoms with E-state index in [0.29, 0.717) is 6.54 Å². The van der Waals surface area contributed by atoms with Crippen LogP contribution >= 0.6 is 0 Å². The van der Waals surface area contributed by atoms with Gasteiger partial charge >= 0.3 is 0 Å². The van der Waals surface area contributed by atoms with E-state index in [0.717, 1.165) is 6.42 Å². The van der Waals surface area contributed by atoms with Crippen molar-refractivity contribution >= 4 is 5.91 Å². The molecule has 0 aliphatic rings. The summed E-state index contributed by atoms with van der Waals surface area (Å²) >= 11 is 0. The van der Waals surface area contributed by atoms with E-state index in [1.165, 1.54) is 7.11 Å². The van der Waals surface area contributed by atoms with E-state index in [9.17, 15) is 4.79 Å². The van der Waals surface area contributed by atoms with Gasteiger partial charge in [0.05, 0.1) is 0 Å². The van der Waals surface area contributed by atoms with Gasteiger partial charge in [0.25, 0.3) is 5.91 Å². The van der Waals surface area contributed by atoms with Gasteiger partial charge in [-0.15, -0.1) is 0 Å². The molecule has 0 spiro atoms. The third-order valence-electron chi connectivity index (χ3n) is 2.70. The van der Waals surface area contributed by atoms with Crippen LogP contribution in [0.15, 0.2) is 0 Å². The summed E-state index contributed by atoms with van der Waals surface area (Å²) in [7, 11) is 1.52. The van der Waals surface area contributed by atoms with Gasteiger partial charge in [0, 0.05) is 19.2 Å². The van der Waals surface area contributed by atoms with E-state index in [4.69, 9.17) is 10.5 Å². The van der Waals surface area contributed by atoms with E-state index in [2.05, 4.69) is 5.32 Å². The molecule has 1 atom stereocenters. The maximum absolute atomic E-state index is 11.7. The lowest BCUT2D eigenvalue weighted by molar-refractivity contribution is -0.141. The lowest BCUT2D eigenvalue weighted by Crippen LogP contribution is -2.56. The Kier molecular flexibility index (Phi) is 4.55. The first-order valence-corrected chi connectivity index (χ1v) is 4.89. The van der Waals surface area contributed by atoms with E-state index >= 15 is 0 Å². The lowest BCUT2D eigenvalue weighted by Gasteiger charge is -2.32. The molecule has 0 aliphatic heterocycles. The molecular formula is C10H22N2O2. The molecule has 84 valence electrons. The molecule has 3 N–H and O–H groups in total. The fraction of sp³-hybridized carbons (Fsp3) is 0.900. The normalized spacial score (nSPS) is 16.1. The number of amides is 1. The van der Waals surface area contributed by atoms with Crippen LogP contribution < -0.4 is 11.1 Å². The Bertz CT molecular complexity index is 198. The molecule has 0 fully saturated rings. The Labute approximate surface area is 86.2 Å². The zero-order chi connectivity index (χ0) is 11.4. The van der Waals surface area contributed by atoms with E-state index < -0.39 is 5.60 Å². The highest BCUT2D eigenvalue weighted by Gasteiger charge is 2.32. The molecule has 0 aromatic heterocycles. The standard InChI is InChI=1S/C10H22N2O2/c1-6-10(4,7-11)12-8(13)9(2,3)14-5/h6-7,11H2,1-5H3,(H,12,13). The first kappa shape index (κ1) is 13.4. The van der Waals surface area contributed by atoms with Crippen molar-refractivity contribution in [3.8, 4) is 0 Å². The predicted octanol–water partition coefficient (Wildman–Crippen LogP) is 0.655. The summed E-state index contributed by atoms with van der Waals surface area (Å²) in [4.78, 5) is 11.7. The predicted molar refractivity (Wildman–Crippen MR) is 57.0 cm³/mol. The third kappa shape index (κ3) is 3.27. The minimum atomic E-state index is -0.800. The van der Waals surface area contributed by atoms with Gasteiger partial charge in [-0.25, -0.2) is 0 Å². The summed E-state index contributed by atoms with van der Waals surface area (Å²) in [5.41, 5.74) is 4.45. The summed E-state index contributed by atoms with van der Waals surface area (Å²) in [6.45, 7) is 7.81.